The lowest BCUT2D eigenvalue weighted by Gasteiger charge is -2.40. The molecule has 1 aliphatic carbocycles. The summed E-state index contributed by atoms with van der Waals surface area (Å²) < 4.78 is 5.58. The van der Waals surface area contributed by atoms with E-state index in [1.165, 1.54) is 6.42 Å². The second kappa shape index (κ2) is 5.10. The summed E-state index contributed by atoms with van der Waals surface area (Å²) in [6.45, 7) is 0.698. The highest BCUT2D eigenvalue weighted by Crippen LogP contribution is 2.35. The van der Waals surface area contributed by atoms with Crippen molar-refractivity contribution in [2.45, 2.75) is 24.9 Å². The summed E-state index contributed by atoms with van der Waals surface area (Å²) >= 11 is 0. The predicted molar refractivity (Wildman–Crippen MR) is 78.5 cm³/mol. The maximum atomic E-state index is 9.27. The molecule has 0 bridgehead atoms. The number of benzene rings is 1. The molecule has 1 aliphatic rings. The van der Waals surface area contributed by atoms with Gasteiger partial charge in [0.15, 0.2) is 0 Å². The quantitative estimate of drug-likeness (QED) is 0.924. The van der Waals surface area contributed by atoms with Crippen LogP contribution in [0.1, 0.15) is 24.8 Å². The minimum Gasteiger partial charge on any atom is -0.376 e. The highest BCUT2D eigenvalue weighted by Gasteiger charge is 2.36. The van der Waals surface area contributed by atoms with Crippen molar-refractivity contribution < 1.29 is 4.74 Å². The minimum atomic E-state index is -0.0833. The van der Waals surface area contributed by atoms with Gasteiger partial charge in [-0.05, 0) is 31.4 Å². The van der Waals surface area contributed by atoms with E-state index in [1.54, 1.807) is 7.11 Å². The van der Waals surface area contributed by atoms with Crippen LogP contribution in [-0.2, 0) is 4.74 Å². The van der Waals surface area contributed by atoms with E-state index in [1.807, 2.05) is 30.3 Å². The number of nitriles is 1. The average Bonchev–Trinajstić information content (AvgIpc) is 2.45. The van der Waals surface area contributed by atoms with Crippen LogP contribution in [0.15, 0.2) is 30.3 Å². The van der Waals surface area contributed by atoms with Crippen molar-refractivity contribution in [3.63, 3.8) is 0 Å². The van der Waals surface area contributed by atoms with Crippen molar-refractivity contribution >= 4 is 16.7 Å². The number of pyridine rings is 1. The second-order valence-electron chi connectivity index (χ2n) is 5.28. The summed E-state index contributed by atoms with van der Waals surface area (Å²) in [5.41, 5.74) is 1.39. The van der Waals surface area contributed by atoms with Crippen LogP contribution < -0.4 is 5.32 Å². The summed E-state index contributed by atoms with van der Waals surface area (Å²) in [6, 6.07) is 11.9. The molecule has 0 radical (unpaired) electrons. The number of hydrogen-bond acceptors (Lipinski definition) is 4. The maximum Gasteiger partial charge on any atom is 0.144 e. The number of aromatic nitrogens is 1. The van der Waals surface area contributed by atoms with E-state index in [4.69, 9.17) is 4.74 Å². The summed E-state index contributed by atoms with van der Waals surface area (Å²) in [6.07, 6.45) is 3.32. The molecule has 0 saturated heterocycles. The molecule has 102 valence electrons. The average molecular weight is 267 g/mol. The first-order valence-electron chi connectivity index (χ1n) is 6.85. The highest BCUT2D eigenvalue weighted by atomic mass is 16.5. The molecular formula is C16H17N3O. The van der Waals surface area contributed by atoms with Crippen LogP contribution in [0, 0.1) is 11.3 Å². The Balaban J connectivity index is 1.88. The number of methoxy groups -OCH3 is 1. The van der Waals surface area contributed by atoms with Crippen LogP contribution in [0.5, 0.6) is 0 Å². The lowest BCUT2D eigenvalue weighted by Crippen LogP contribution is -2.45. The zero-order chi connectivity index (χ0) is 14.0. The largest absolute Gasteiger partial charge is 0.376 e. The molecule has 20 heavy (non-hydrogen) atoms. The van der Waals surface area contributed by atoms with Crippen molar-refractivity contribution in [1.29, 1.82) is 5.26 Å². The van der Waals surface area contributed by atoms with Crippen LogP contribution in [0.3, 0.4) is 0 Å². The van der Waals surface area contributed by atoms with Gasteiger partial charge in [-0.2, -0.15) is 5.26 Å². The molecule has 1 aromatic carbocycles. The smallest absolute Gasteiger partial charge is 0.144 e. The van der Waals surface area contributed by atoms with Crippen LogP contribution in [0.25, 0.3) is 10.9 Å². The van der Waals surface area contributed by atoms with Crippen LogP contribution >= 0.6 is 0 Å². The third-order valence-corrected chi connectivity index (χ3v) is 4.12. The molecule has 2 aromatic rings. The normalized spacial score (nSPS) is 16.4. The number of hydrogen-bond donors (Lipinski definition) is 1. The van der Waals surface area contributed by atoms with Gasteiger partial charge < -0.3 is 10.1 Å². The first-order valence-corrected chi connectivity index (χ1v) is 6.85. The van der Waals surface area contributed by atoms with E-state index in [2.05, 4.69) is 16.4 Å². The van der Waals surface area contributed by atoms with Gasteiger partial charge in [-0.3, -0.25) is 0 Å². The fourth-order valence-electron chi connectivity index (χ4n) is 2.60. The van der Waals surface area contributed by atoms with Crippen molar-refractivity contribution in [2.24, 2.45) is 0 Å². The number of anilines is 1. The first kappa shape index (κ1) is 12.9. The van der Waals surface area contributed by atoms with Gasteiger partial charge in [0.1, 0.15) is 11.9 Å². The van der Waals surface area contributed by atoms with E-state index in [0.717, 1.165) is 23.7 Å². The Hall–Kier alpha value is -2.12. The van der Waals surface area contributed by atoms with Gasteiger partial charge in [0.25, 0.3) is 0 Å². The lowest BCUT2D eigenvalue weighted by atomic mass is 9.80. The number of rotatable bonds is 4. The topological polar surface area (TPSA) is 57.9 Å². The van der Waals surface area contributed by atoms with Crippen LogP contribution in [0.2, 0.25) is 0 Å². The molecule has 1 saturated carbocycles. The van der Waals surface area contributed by atoms with Gasteiger partial charge in [-0.15, -0.1) is 0 Å². The van der Waals surface area contributed by atoms with Crippen molar-refractivity contribution in [3.05, 3.63) is 35.9 Å². The van der Waals surface area contributed by atoms with E-state index < -0.39 is 0 Å². The van der Waals surface area contributed by atoms with Gasteiger partial charge >= 0.3 is 0 Å². The molecule has 0 amide bonds. The molecule has 3 rings (SSSR count). The Kier molecular flexibility index (Phi) is 3.29. The van der Waals surface area contributed by atoms with Crippen molar-refractivity contribution in [1.82, 2.24) is 4.98 Å². The summed E-state index contributed by atoms with van der Waals surface area (Å²) in [4.78, 5) is 4.55. The molecule has 1 heterocycles. The van der Waals surface area contributed by atoms with E-state index in [9.17, 15) is 5.26 Å². The third kappa shape index (κ3) is 2.21. The fraction of sp³-hybridized carbons (Fsp3) is 0.375. The summed E-state index contributed by atoms with van der Waals surface area (Å²) in [7, 11) is 1.75. The van der Waals surface area contributed by atoms with E-state index in [0.29, 0.717) is 17.9 Å². The first-order chi connectivity index (χ1) is 9.76. The third-order valence-electron chi connectivity index (χ3n) is 4.12. The standard InChI is InChI=1S/C16H17N3O/c1-20-16(7-4-8-16)11-18-15-13(10-17)9-12-5-2-3-6-14(12)19-15/h2-3,5-6,9H,4,7-8,11H2,1H3,(H,18,19). The van der Waals surface area contributed by atoms with Crippen LogP contribution in [0.4, 0.5) is 5.82 Å². The molecular weight excluding hydrogens is 250 g/mol. The monoisotopic (exact) mass is 267 g/mol. The lowest BCUT2D eigenvalue weighted by molar-refractivity contribution is -0.0601. The molecule has 0 atom stereocenters. The number of fused-ring (bicyclic) bond motifs is 1. The van der Waals surface area contributed by atoms with Gasteiger partial charge in [0, 0.05) is 19.0 Å². The van der Waals surface area contributed by atoms with Gasteiger partial charge in [0.05, 0.1) is 16.7 Å². The zero-order valence-electron chi connectivity index (χ0n) is 11.5. The zero-order valence-corrected chi connectivity index (χ0v) is 11.5. The number of nitrogens with zero attached hydrogens (tertiary/aromatic N) is 2. The van der Waals surface area contributed by atoms with E-state index in [-0.39, 0.29) is 5.60 Å². The fourth-order valence-corrected chi connectivity index (χ4v) is 2.60. The van der Waals surface area contributed by atoms with Crippen molar-refractivity contribution in [3.8, 4) is 6.07 Å². The molecule has 0 aliphatic heterocycles. The van der Waals surface area contributed by atoms with E-state index >= 15 is 0 Å². The Morgan fingerprint density at radius 3 is 2.85 bits per heavy atom. The Bertz CT molecular complexity index is 665. The number of nitrogens with one attached hydrogen (secondary N) is 1. The van der Waals surface area contributed by atoms with Gasteiger partial charge in [-0.25, -0.2) is 4.98 Å². The molecule has 1 aromatic heterocycles. The van der Waals surface area contributed by atoms with Gasteiger partial charge in [0.2, 0.25) is 0 Å². The summed E-state index contributed by atoms with van der Waals surface area (Å²) in [5.74, 6) is 0.648. The maximum absolute atomic E-state index is 9.27. The number of ether oxygens (including phenoxy) is 1. The van der Waals surface area contributed by atoms with Crippen LogP contribution in [-0.4, -0.2) is 24.2 Å². The van der Waals surface area contributed by atoms with Crippen molar-refractivity contribution in [2.75, 3.05) is 19.0 Å². The molecule has 0 unspecified atom stereocenters. The SMILES string of the molecule is COC1(CNc2nc3ccccc3cc2C#N)CCC1. The minimum absolute atomic E-state index is 0.0833. The molecule has 4 nitrogen and oxygen atoms in total. The Morgan fingerprint density at radius 1 is 1.40 bits per heavy atom. The Morgan fingerprint density at radius 2 is 2.20 bits per heavy atom. The predicted octanol–water partition coefficient (Wildman–Crippen LogP) is 3.09. The molecule has 4 heteroatoms. The second-order valence-corrected chi connectivity index (χ2v) is 5.28. The molecule has 1 N–H and O–H groups in total. The summed E-state index contributed by atoms with van der Waals surface area (Å²) in [5, 5.41) is 13.6. The molecule has 1 fully saturated rings. The number of para-hydroxylation sites is 1. The Labute approximate surface area is 118 Å². The van der Waals surface area contributed by atoms with Gasteiger partial charge in [-0.1, -0.05) is 18.2 Å². The molecule has 0 spiro atoms. The highest BCUT2D eigenvalue weighted by molar-refractivity contribution is 5.82.